The fourth-order valence-corrected chi connectivity index (χ4v) is 4.84. The molecular formula is C27H30F3N3O4S. The number of alkyl halides is 3. The van der Waals surface area contributed by atoms with Crippen LogP contribution in [0, 0.1) is 0 Å². The lowest BCUT2D eigenvalue weighted by atomic mass is 10.1. The van der Waals surface area contributed by atoms with Gasteiger partial charge in [-0.25, -0.2) is 8.42 Å². The molecule has 0 spiro atoms. The lowest BCUT2D eigenvalue weighted by Crippen LogP contribution is -2.54. The molecule has 0 saturated carbocycles. The van der Waals surface area contributed by atoms with Crippen molar-refractivity contribution in [1.29, 1.82) is 0 Å². The van der Waals surface area contributed by atoms with Crippen LogP contribution in [-0.4, -0.2) is 44.1 Å². The highest BCUT2D eigenvalue weighted by atomic mass is 32.2. The van der Waals surface area contributed by atoms with Gasteiger partial charge in [-0.2, -0.15) is 13.2 Å². The highest BCUT2D eigenvalue weighted by Crippen LogP contribution is 2.32. The van der Waals surface area contributed by atoms with Gasteiger partial charge in [-0.3, -0.25) is 14.0 Å². The first kappa shape index (κ1) is 29.0. The van der Waals surface area contributed by atoms with E-state index in [2.05, 4.69) is 0 Å². The van der Waals surface area contributed by atoms with Crippen molar-refractivity contribution in [2.45, 2.75) is 38.7 Å². The van der Waals surface area contributed by atoms with Gasteiger partial charge in [0.25, 0.3) is 0 Å². The average Bonchev–Trinajstić information content (AvgIpc) is 2.83. The minimum Gasteiger partial charge on any atom is -0.457 e. The zero-order chi connectivity index (χ0) is 28.1. The van der Waals surface area contributed by atoms with E-state index in [0.717, 1.165) is 28.3 Å². The molecule has 0 radical (unpaired) electrons. The van der Waals surface area contributed by atoms with Crippen molar-refractivity contribution in [1.82, 2.24) is 4.90 Å². The van der Waals surface area contributed by atoms with E-state index in [1.54, 1.807) is 0 Å². The monoisotopic (exact) mass is 549 g/mol. The van der Waals surface area contributed by atoms with Crippen LogP contribution in [0.15, 0.2) is 78.9 Å². The molecule has 11 heteroatoms. The molecule has 2 N–H and O–H groups in total. The molecule has 0 fully saturated rings. The second kappa shape index (κ2) is 11.9. The van der Waals surface area contributed by atoms with Crippen LogP contribution in [0.2, 0.25) is 0 Å². The smallest absolute Gasteiger partial charge is 0.416 e. The Bertz CT molecular complexity index is 1310. The molecule has 0 aromatic heterocycles. The molecule has 204 valence electrons. The van der Waals surface area contributed by atoms with Gasteiger partial charge >= 0.3 is 6.18 Å². The Kier molecular flexibility index (Phi) is 9.05. The maximum atomic E-state index is 12.8. The predicted molar refractivity (Wildman–Crippen MR) is 140 cm³/mol. The quantitative estimate of drug-likeness (QED) is 0.362. The Balaban J connectivity index is 1.83. The number of primary amides is 1. The lowest BCUT2D eigenvalue weighted by Gasteiger charge is -2.36. The summed E-state index contributed by atoms with van der Waals surface area (Å²) in [6.45, 7) is 3.98. The predicted octanol–water partition coefficient (Wildman–Crippen LogP) is 5.03. The summed E-state index contributed by atoms with van der Waals surface area (Å²) in [4.78, 5) is 14.4. The van der Waals surface area contributed by atoms with Gasteiger partial charge in [0.1, 0.15) is 17.5 Å². The number of carbonyl (C=O) groups excluding carboxylic acids is 1. The van der Waals surface area contributed by atoms with Crippen LogP contribution in [0.3, 0.4) is 0 Å². The number of nitrogens with two attached hydrogens (primary N) is 1. The van der Waals surface area contributed by atoms with Gasteiger partial charge in [0.05, 0.1) is 24.1 Å². The fourth-order valence-electron chi connectivity index (χ4n) is 3.92. The molecule has 0 unspecified atom stereocenters. The van der Waals surface area contributed by atoms with E-state index in [9.17, 15) is 26.4 Å². The minimum atomic E-state index is -4.45. The number of halogens is 3. The van der Waals surface area contributed by atoms with Crippen LogP contribution in [-0.2, 0) is 27.5 Å². The Morgan fingerprint density at radius 2 is 1.45 bits per heavy atom. The van der Waals surface area contributed by atoms with Crippen molar-refractivity contribution < 1.29 is 31.1 Å². The van der Waals surface area contributed by atoms with E-state index in [-0.39, 0.29) is 24.0 Å². The summed E-state index contributed by atoms with van der Waals surface area (Å²) >= 11 is 0. The van der Waals surface area contributed by atoms with Crippen LogP contribution in [0.4, 0.5) is 18.9 Å². The van der Waals surface area contributed by atoms with Crippen molar-refractivity contribution in [3.63, 3.8) is 0 Å². The fraction of sp³-hybridized carbons (Fsp3) is 0.296. The molecule has 1 amide bonds. The van der Waals surface area contributed by atoms with Crippen LogP contribution in [0.1, 0.15) is 25.0 Å². The van der Waals surface area contributed by atoms with E-state index in [0.29, 0.717) is 12.3 Å². The van der Waals surface area contributed by atoms with Crippen LogP contribution in [0.25, 0.3) is 0 Å². The maximum Gasteiger partial charge on any atom is 0.416 e. The highest BCUT2D eigenvalue weighted by molar-refractivity contribution is 7.92. The van der Waals surface area contributed by atoms with E-state index in [1.807, 2.05) is 49.1 Å². The molecule has 1 atom stereocenters. The molecule has 3 rings (SSSR count). The second-order valence-electron chi connectivity index (χ2n) is 9.08. The third kappa shape index (κ3) is 7.72. The number of sulfonamides is 1. The Labute approximate surface area is 220 Å². The number of hydrogen-bond acceptors (Lipinski definition) is 5. The molecule has 3 aromatic carbocycles. The van der Waals surface area contributed by atoms with Crippen molar-refractivity contribution in [2.24, 2.45) is 5.73 Å². The third-order valence-corrected chi connectivity index (χ3v) is 7.04. The normalized spacial score (nSPS) is 12.9. The number of amides is 1. The summed E-state index contributed by atoms with van der Waals surface area (Å²) in [6.07, 6.45) is -3.42. The second-order valence-corrected chi connectivity index (χ2v) is 11.0. The van der Waals surface area contributed by atoms with Gasteiger partial charge in [0.15, 0.2) is 0 Å². The number of carbonyl (C=O) groups is 1. The van der Waals surface area contributed by atoms with Crippen LogP contribution >= 0.6 is 0 Å². The van der Waals surface area contributed by atoms with Gasteiger partial charge in [-0.05, 0) is 67.9 Å². The molecule has 0 aliphatic heterocycles. The van der Waals surface area contributed by atoms with Gasteiger partial charge in [0.2, 0.25) is 15.9 Å². The molecule has 38 heavy (non-hydrogen) atoms. The summed E-state index contributed by atoms with van der Waals surface area (Å²) in [5, 5.41) is 0. The number of rotatable bonds is 11. The summed E-state index contributed by atoms with van der Waals surface area (Å²) in [7, 11) is -3.82. The SMILES string of the molecule is CC(C)N(Cc1ccccc1)[C@@H](CN(c1ccc(Oc2ccc(C(F)(F)F)cc2)cc1)S(C)(=O)=O)C(N)=O. The van der Waals surface area contributed by atoms with Crippen LogP contribution in [0.5, 0.6) is 11.5 Å². The third-order valence-electron chi connectivity index (χ3n) is 5.88. The van der Waals surface area contributed by atoms with Gasteiger partial charge in [-0.1, -0.05) is 30.3 Å². The standard InChI is InChI=1S/C27H30F3N3O4S/c1-19(2)32(17-20-7-5-4-6-8-20)25(26(31)34)18-33(38(3,35)36)22-11-15-24(16-12-22)37-23-13-9-21(10-14-23)27(28,29)30/h4-16,19,25H,17-18H2,1-3H3,(H2,31,34)/t25-/m0/s1. The molecule has 3 aromatic rings. The zero-order valence-corrected chi connectivity index (χ0v) is 22.0. The first-order valence-electron chi connectivity index (χ1n) is 11.8. The highest BCUT2D eigenvalue weighted by Gasteiger charge is 2.32. The summed E-state index contributed by atoms with van der Waals surface area (Å²) in [5.74, 6) is -0.181. The lowest BCUT2D eigenvalue weighted by molar-refractivity contribution is -0.137. The largest absolute Gasteiger partial charge is 0.457 e. The van der Waals surface area contributed by atoms with Crippen molar-refractivity contribution in [3.05, 3.63) is 90.0 Å². The maximum absolute atomic E-state index is 12.8. The molecule has 0 aliphatic carbocycles. The molecule has 0 saturated heterocycles. The Hall–Kier alpha value is -3.57. The van der Waals surface area contributed by atoms with Crippen molar-refractivity contribution in [3.8, 4) is 11.5 Å². The van der Waals surface area contributed by atoms with E-state index in [4.69, 9.17) is 10.5 Å². The Morgan fingerprint density at radius 3 is 1.89 bits per heavy atom. The first-order valence-corrected chi connectivity index (χ1v) is 13.6. The Morgan fingerprint density at radius 1 is 0.921 bits per heavy atom. The summed E-state index contributed by atoms with van der Waals surface area (Å²) in [6, 6.07) is 18.6. The number of anilines is 1. The van der Waals surface area contributed by atoms with E-state index < -0.39 is 33.7 Å². The molecule has 0 bridgehead atoms. The number of ether oxygens (including phenoxy) is 1. The van der Waals surface area contributed by atoms with Gasteiger partial charge in [-0.15, -0.1) is 0 Å². The van der Waals surface area contributed by atoms with Crippen molar-refractivity contribution in [2.75, 3.05) is 17.1 Å². The van der Waals surface area contributed by atoms with Crippen LogP contribution < -0.4 is 14.8 Å². The van der Waals surface area contributed by atoms with E-state index >= 15 is 0 Å². The topological polar surface area (TPSA) is 92.9 Å². The molecule has 0 heterocycles. The molecule has 7 nitrogen and oxygen atoms in total. The number of nitrogens with zero attached hydrogens (tertiary/aromatic N) is 2. The zero-order valence-electron chi connectivity index (χ0n) is 21.2. The average molecular weight is 550 g/mol. The molecular weight excluding hydrogens is 519 g/mol. The first-order chi connectivity index (χ1) is 17.8. The molecule has 0 aliphatic rings. The number of benzene rings is 3. The number of hydrogen-bond donors (Lipinski definition) is 1. The van der Waals surface area contributed by atoms with Gasteiger partial charge < -0.3 is 10.5 Å². The van der Waals surface area contributed by atoms with Crippen molar-refractivity contribution >= 4 is 21.6 Å². The summed E-state index contributed by atoms with van der Waals surface area (Å²) < 4.78 is 70.6. The van der Waals surface area contributed by atoms with Gasteiger partial charge in [0, 0.05) is 12.6 Å². The van der Waals surface area contributed by atoms with E-state index in [1.165, 1.54) is 36.4 Å². The minimum absolute atomic E-state index is 0.117. The summed E-state index contributed by atoms with van der Waals surface area (Å²) in [5.41, 5.74) is 6.18.